The molecule has 0 spiro atoms. The number of halogens is 1. The molecule has 1 amide bonds. The third kappa shape index (κ3) is 4.49. The molecule has 0 aliphatic heterocycles. The number of carbonyl (C=O) groups is 1. The van der Waals surface area contributed by atoms with Gasteiger partial charge in [0, 0.05) is 19.3 Å². The number of nitrogens with zero attached hydrogens (tertiary/aromatic N) is 2. The third-order valence-electron chi connectivity index (χ3n) is 2.88. The van der Waals surface area contributed by atoms with Crippen molar-refractivity contribution in [3.05, 3.63) is 47.2 Å². The standard InChI is InChI=1S/C15H18ClN3O2/c1-2-21-14-7-4-3-6-13(14)15(20)17-8-5-9-19-11-12(16)10-18-19/h3-4,6-7,10-11H,2,5,8-9H2,1H3,(H,17,20). The molecule has 1 N–H and O–H groups in total. The van der Waals surface area contributed by atoms with Crippen molar-refractivity contribution in [3.8, 4) is 5.75 Å². The van der Waals surface area contributed by atoms with Crippen molar-refractivity contribution in [3.63, 3.8) is 0 Å². The van der Waals surface area contributed by atoms with Gasteiger partial charge in [-0.2, -0.15) is 5.10 Å². The SMILES string of the molecule is CCOc1ccccc1C(=O)NCCCn1cc(Cl)cn1. The van der Waals surface area contributed by atoms with Gasteiger partial charge in [0.25, 0.3) is 5.91 Å². The molecule has 0 bridgehead atoms. The largest absolute Gasteiger partial charge is 0.493 e. The Morgan fingerprint density at radius 1 is 1.43 bits per heavy atom. The fourth-order valence-corrected chi connectivity index (χ4v) is 2.09. The number of nitrogens with one attached hydrogen (secondary N) is 1. The third-order valence-corrected chi connectivity index (χ3v) is 3.08. The van der Waals surface area contributed by atoms with Crippen LogP contribution in [0.25, 0.3) is 0 Å². The minimum Gasteiger partial charge on any atom is -0.493 e. The molecule has 1 aromatic heterocycles. The van der Waals surface area contributed by atoms with Crippen LogP contribution < -0.4 is 10.1 Å². The van der Waals surface area contributed by atoms with Gasteiger partial charge >= 0.3 is 0 Å². The average molecular weight is 308 g/mol. The molecule has 0 atom stereocenters. The topological polar surface area (TPSA) is 56.1 Å². The molecule has 2 rings (SSSR count). The van der Waals surface area contributed by atoms with E-state index in [1.54, 1.807) is 29.2 Å². The molecule has 5 nitrogen and oxygen atoms in total. The minimum atomic E-state index is -0.127. The highest BCUT2D eigenvalue weighted by Crippen LogP contribution is 2.17. The molecule has 21 heavy (non-hydrogen) atoms. The van der Waals surface area contributed by atoms with Crippen LogP contribution in [0, 0.1) is 0 Å². The summed E-state index contributed by atoms with van der Waals surface area (Å²) >= 11 is 5.78. The molecular weight excluding hydrogens is 290 g/mol. The molecule has 1 heterocycles. The van der Waals surface area contributed by atoms with Crippen LogP contribution in [0.3, 0.4) is 0 Å². The molecule has 112 valence electrons. The Morgan fingerprint density at radius 3 is 2.95 bits per heavy atom. The quantitative estimate of drug-likeness (QED) is 0.800. The lowest BCUT2D eigenvalue weighted by molar-refractivity contribution is 0.0949. The Bertz CT molecular complexity index is 598. The van der Waals surface area contributed by atoms with Gasteiger partial charge in [-0.25, -0.2) is 0 Å². The number of aryl methyl sites for hydroxylation is 1. The van der Waals surface area contributed by atoms with Crippen molar-refractivity contribution in [2.24, 2.45) is 0 Å². The van der Waals surface area contributed by atoms with Crippen molar-refractivity contribution in [1.29, 1.82) is 0 Å². The van der Waals surface area contributed by atoms with Gasteiger partial charge in [-0.15, -0.1) is 0 Å². The number of hydrogen-bond acceptors (Lipinski definition) is 3. The lowest BCUT2D eigenvalue weighted by Gasteiger charge is -2.10. The van der Waals surface area contributed by atoms with E-state index in [4.69, 9.17) is 16.3 Å². The highest BCUT2D eigenvalue weighted by molar-refractivity contribution is 6.30. The number of rotatable bonds is 7. The van der Waals surface area contributed by atoms with E-state index in [1.807, 2.05) is 19.1 Å². The highest BCUT2D eigenvalue weighted by atomic mass is 35.5. The number of carbonyl (C=O) groups excluding carboxylic acids is 1. The second-order valence-corrected chi connectivity index (χ2v) is 4.90. The first-order valence-electron chi connectivity index (χ1n) is 6.88. The van der Waals surface area contributed by atoms with Gasteiger partial charge in [0.2, 0.25) is 0 Å². The summed E-state index contributed by atoms with van der Waals surface area (Å²) in [6.45, 7) is 3.70. The fraction of sp³-hybridized carbons (Fsp3) is 0.333. The highest BCUT2D eigenvalue weighted by Gasteiger charge is 2.10. The van der Waals surface area contributed by atoms with E-state index in [0.29, 0.717) is 36.0 Å². The van der Waals surface area contributed by atoms with Crippen molar-refractivity contribution in [1.82, 2.24) is 15.1 Å². The van der Waals surface area contributed by atoms with Gasteiger partial charge in [0.1, 0.15) is 5.75 Å². The molecule has 0 aliphatic rings. The number of para-hydroxylation sites is 1. The Labute approximate surface area is 128 Å². The Morgan fingerprint density at radius 2 is 2.24 bits per heavy atom. The number of aromatic nitrogens is 2. The molecule has 0 saturated carbocycles. The Hall–Kier alpha value is -2.01. The van der Waals surface area contributed by atoms with Crippen LogP contribution in [-0.4, -0.2) is 28.8 Å². The summed E-state index contributed by atoms with van der Waals surface area (Å²) in [6, 6.07) is 7.23. The zero-order chi connectivity index (χ0) is 15.1. The number of amides is 1. The predicted octanol–water partition coefficient (Wildman–Crippen LogP) is 2.76. The molecule has 2 aromatic rings. The van der Waals surface area contributed by atoms with E-state index < -0.39 is 0 Å². The summed E-state index contributed by atoms with van der Waals surface area (Å²) in [5, 5.41) is 7.58. The van der Waals surface area contributed by atoms with E-state index in [-0.39, 0.29) is 5.91 Å². The van der Waals surface area contributed by atoms with Crippen molar-refractivity contribution in [2.75, 3.05) is 13.2 Å². The van der Waals surface area contributed by atoms with Crippen LogP contribution >= 0.6 is 11.6 Å². The van der Waals surface area contributed by atoms with E-state index >= 15 is 0 Å². The Kier molecular flexibility index (Phi) is 5.63. The summed E-state index contributed by atoms with van der Waals surface area (Å²) in [5.41, 5.74) is 0.557. The zero-order valence-corrected chi connectivity index (χ0v) is 12.6. The van der Waals surface area contributed by atoms with E-state index in [2.05, 4.69) is 10.4 Å². The molecule has 6 heteroatoms. The van der Waals surface area contributed by atoms with Crippen LogP contribution in [0.15, 0.2) is 36.7 Å². The van der Waals surface area contributed by atoms with E-state index in [9.17, 15) is 4.79 Å². The van der Waals surface area contributed by atoms with Gasteiger partial charge in [-0.1, -0.05) is 23.7 Å². The van der Waals surface area contributed by atoms with Crippen LogP contribution in [0.5, 0.6) is 5.75 Å². The maximum Gasteiger partial charge on any atom is 0.255 e. The summed E-state index contributed by atoms with van der Waals surface area (Å²) in [4.78, 5) is 12.1. The number of hydrogen-bond donors (Lipinski definition) is 1. The molecular formula is C15H18ClN3O2. The lowest BCUT2D eigenvalue weighted by Crippen LogP contribution is -2.25. The number of ether oxygens (including phenoxy) is 1. The summed E-state index contributed by atoms with van der Waals surface area (Å²) in [7, 11) is 0. The molecule has 0 unspecified atom stereocenters. The zero-order valence-electron chi connectivity index (χ0n) is 11.9. The molecule has 1 aromatic carbocycles. The number of benzene rings is 1. The van der Waals surface area contributed by atoms with Crippen LogP contribution in [0.4, 0.5) is 0 Å². The smallest absolute Gasteiger partial charge is 0.255 e. The Balaban J connectivity index is 1.82. The van der Waals surface area contributed by atoms with Crippen molar-refractivity contribution in [2.45, 2.75) is 19.9 Å². The summed E-state index contributed by atoms with van der Waals surface area (Å²) in [5.74, 6) is 0.480. The van der Waals surface area contributed by atoms with Crippen molar-refractivity contribution < 1.29 is 9.53 Å². The first-order chi connectivity index (χ1) is 10.2. The first kappa shape index (κ1) is 15.4. The van der Waals surface area contributed by atoms with Crippen LogP contribution in [0.1, 0.15) is 23.7 Å². The van der Waals surface area contributed by atoms with Crippen molar-refractivity contribution >= 4 is 17.5 Å². The van der Waals surface area contributed by atoms with Crippen LogP contribution in [0.2, 0.25) is 5.02 Å². The maximum absolute atomic E-state index is 12.1. The summed E-state index contributed by atoms with van der Waals surface area (Å²) in [6.07, 6.45) is 4.13. The van der Waals surface area contributed by atoms with Gasteiger partial charge in [-0.3, -0.25) is 9.48 Å². The monoisotopic (exact) mass is 307 g/mol. The average Bonchev–Trinajstić information content (AvgIpc) is 2.90. The first-order valence-corrected chi connectivity index (χ1v) is 7.26. The van der Waals surface area contributed by atoms with Crippen LogP contribution in [-0.2, 0) is 6.54 Å². The van der Waals surface area contributed by atoms with Gasteiger partial charge < -0.3 is 10.1 Å². The normalized spacial score (nSPS) is 10.4. The van der Waals surface area contributed by atoms with E-state index in [0.717, 1.165) is 6.42 Å². The molecule has 0 aliphatic carbocycles. The second kappa shape index (κ2) is 7.69. The second-order valence-electron chi connectivity index (χ2n) is 4.46. The molecule has 0 fully saturated rings. The fourth-order valence-electron chi connectivity index (χ4n) is 1.93. The summed E-state index contributed by atoms with van der Waals surface area (Å²) < 4.78 is 7.20. The van der Waals surface area contributed by atoms with Gasteiger partial charge in [0.05, 0.1) is 23.4 Å². The van der Waals surface area contributed by atoms with Gasteiger partial charge in [-0.05, 0) is 25.5 Å². The molecule has 0 radical (unpaired) electrons. The molecule has 0 saturated heterocycles. The maximum atomic E-state index is 12.1. The lowest BCUT2D eigenvalue weighted by atomic mass is 10.2. The van der Waals surface area contributed by atoms with E-state index in [1.165, 1.54) is 0 Å². The minimum absolute atomic E-state index is 0.127. The van der Waals surface area contributed by atoms with Gasteiger partial charge in [0.15, 0.2) is 0 Å². The predicted molar refractivity (Wildman–Crippen MR) is 81.8 cm³/mol.